The molecule has 3 rings (SSSR count). The molecule has 1 aliphatic heterocycles. The van der Waals surface area contributed by atoms with Crippen molar-refractivity contribution in [3.05, 3.63) is 65.2 Å². The molecular formula is C18H18N2O3. The lowest BCUT2D eigenvalue weighted by Gasteiger charge is -2.08. The van der Waals surface area contributed by atoms with Gasteiger partial charge in [0.25, 0.3) is 0 Å². The molecule has 1 saturated heterocycles. The van der Waals surface area contributed by atoms with Crippen molar-refractivity contribution in [3.63, 3.8) is 0 Å². The highest BCUT2D eigenvalue weighted by atomic mass is 16.3. The van der Waals surface area contributed by atoms with Gasteiger partial charge in [0.15, 0.2) is 11.5 Å². The summed E-state index contributed by atoms with van der Waals surface area (Å²) in [5.74, 6) is -0.523. The van der Waals surface area contributed by atoms with Crippen LogP contribution in [0.25, 0.3) is 6.08 Å². The van der Waals surface area contributed by atoms with Crippen molar-refractivity contribution in [2.24, 2.45) is 0 Å². The number of hydrogen-bond donors (Lipinski definition) is 4. The van der Waals surface area contributed by atoms with Crippen LogP contribution >= 0.6 is 0 Å². The number of carbonyl (C=O) groups excluding carboxylic acids is 1. The summed E-state index contributed by atoms with van der Waals surface area (Å²) in [5, 5.41) is 24.9. The van der Waals surface area contributed by atoms with Gasteiger partial charge in [-0.2, -0.15) is 0 Å². The smallest absolute Gasteiger partial charge is 0.249 e. The Hall–Kier alpha value is -2.79. The third-order valence-electron chi connectivity index (χ3n) is 3.66. The van der Waals surface area contributed by atoms with Crippen LogP contribution in [0.3, 0.4) is 0 Å². The highest BCUT2D eigenvalue weighted by molar-refractivity contribution is 5.99. The van der Waals surface area contributed by atoms with Crippen molar-refractivity contribution >= 4 is 12.0 Å². The molecule has 0 aromatic heterocycles. The number of rotatable bonds is 5. The van der Waals surface area contributed by atoms with Crippen LogP contribution in [0, 0.1) is 0 Å². The maximum Gasteiger partial charge on any atom is 0.249 e. The first-order chi connectivity index (χ1) is 11.1. The van der Waals surface area contributed by atoms with Gasteiger partial charge in [-0.05, 0) is 29.3 Å². The molecule has 2 aromatic rings. The number of benzene rings is 2. The van der Waals surface area contributed by atoms with E-state index in [2.05, 4.69) is 10.6 Å². The summed E-state index contributed by atoms with van der Waals surface area (Å²) in [5.41, 5.74) is 2.32. The Morgan fingerprint density at radius 2 is 1.91 bits per heavy atom. The third kappa shape index (κ3) is 3.90. The van der Waals surface area contributed by atoms with E-state index in [4.69, 9.17) is 0 Å². The third-order valence-corrected chi connectivity index (χ3v) is 3.66. The van der Waals surface area contributed by atoms with E-state index < -0.39 is 0 Å². The van der Waals surface area contributed by atoms with E-state index in [-0.39, 0.29) is 23.4 Å². The Bertz CT molecular complexity index is 737. The van der Waals surface area contributed by atoms with Gasteiger partial charge in [0.1, 0.15) is 0 Å². The maximum atomic E-state index is 12.4. The minimum absolute atomic E-state index is 0.0294. The summed E-state index contributed by atoms with van der Waals surface area (Å²) in [4.78, 5) is 12.4. The molecule has 0 saturated carbocycles. The summed E-state index contributed by atoms with van der Waals surface area (Å²) in [6.45, 7) is 1.22. The van der Waals surface area contributed by atoms with Crippen LogP contribution in [0.1, 0.15) is 11.1 Å². The molecule has 23 heavy (non-hydrogen) atoms. The second kappa shape index (κ2) is 6.54. The number of nitrogens with one attached hydrogen (secondary N) is 2. The lowest BCUT2D eigenvalue weighted by Crippen LogP contribution is -2.27. The van der Waals surface area contributed by atoms with Crippen molar-refractivity contribution in [1.29, 1.82) is 0 Å². The second-order valence-corrected chi connectivity index (χ2v) is 5.48. The number of carbonyl (C=O) groups is 1. The van der Waals surface area contributed by atoms with Crippen LogP contribution in [0.2, 0.25) is 0 Å². The zero-order chi connectivity index (χ0) is 16.2. The van der Waals surface area contributed by atoms with E-state index in [0.717, 1.165) is 12.1 Å². The molecule has 1 aliphatic rings. The standard InChI is InChI=1S/C18H18N2O3/c21-16-7-6-13(9-17(16)22)8-14(15-11-19-15)18(23)20-10-12-4-2-1-3-5-12/h1-9,15,19,21-22H,10-11H2,(H,20,23)/b14-8+/t15-/m0/s1. The average Bonchev–Trinajstić information content (AvgIpc) is 3.39. The molecular weight excluding hydrogens is 292 g/mol. The van der Waals surface area contributed by atoms with Crippen LogP contribution in [0.15, 0.2) is 54.1 Å². The highest BCUT2D eigenvalue weighted by Crippen LogP contribution is 2.27. The average molecular weight is 310 g/mol. The van der Waals surface area contributed by atoms with Gasteiger partial charge in [0.2, 0.25) is 5.91 Å². The van der Waals surface area contributed by atoms with Gasteiger partial charge in [-0.25, -0.2) is 0 Å². The molecule has 1 amide bonds. The van der Waals surface area contributed by atoms with Gasteiger partial charge in [-0.3, -0.25) is 4.79 Å². The van der Waals surface area contributed by atoms with E-state index in [1.165, 1.54) is 12.1 Å². The van der Waals surface area contributed by atoms with E-state index >= 15 is 0 Å². The second-order valence-electron chi connectivity index (χ2n) is 5.48. The first kappa shape index (κ1) is 15.1. The molecule has 0 unspecified atom stereocenters. The van der Waals surface area contributed by atoms with Gasteiger partial charge in [0, 0.05) is 18.7 Å². The molecule has 2 aromatic carbocycles. The molecule has 4 N–H and O–H groups in total. The van der Waals surface area contributed by atoms with Gasteiger partial charge in [0.05, 0.1) is 6.04 Å². The van der Waals surface area contributed by atoms with Crippen molar-refractivity contribution in [2.45, 2.75) is 12.6 Å². The van der Waals surface area contributed by atoms with Gasteiger partial charge in [-0.1, -0.05) is 36.4 Å². The zero-order valence-corrected chi connectivity index (χ0v) is 12.5. The molecule has 1 atom stereocenters. The fraction of sp³-hybridized carbons (Fsp3) is 0.167. The number of aromatic hydroxyl groups is 2. The summed E-state index contributed by atoms with van der Waals surface area (Å²) >= 11 is 0. The first-order valence-corrected chi connectivity index (χ1v) is 7.42. The van der Waals surface area contributed by atoms with Gasteiger partial charge in [-0.15, -0.1) is 0 Å². The fourth-order valence-corrected chi connectivity index (χ4v) is 2.29. The van der Waals surface area contributed by atoms with E-state index in [9.17, 15) is 15.0 Å². The molecule has 5 heteroatoms. The predicted molar refractivity (Wildman–Crippen MR) is 87.8 cm³/mol. The van der Waals surface area contributed by atoms with Gasteiger partial charge >= 0.3 is 0 Å². The Morgan fingerprint density at radius 1 is 1.17 bits per heavy atom. The normalized spacial score (nSPS) is 16.9. The topological polar surface area (TPSA) is 91.5 Å². The number of phenolic OH excluding ortho intramolecular Hbond substituents is 2. The summed E-state index contributed by atoms with van der Waals surface area (Å²) < 4.78 is 0. The van der Waals surface area contributed by atoms with E-state index in [0.29, 0.717) is 17.7 Å². The molecule has 1 heterocycles. The molecule has 1 fully saturated rings. The van der Waals surface area contributed by atoms with E-state index in [1.807, 2.05) is 30.3 Å². The minimum Gasteiger partial charge on any atom is -0.504 e. The monoisotopic (exact) mass is 310 g/mol. The quantitative estimate of drug-likeness (QED) is 0.385. The molecule has 0 bridgehead atoms. The SMILES string of the molecule is O=C(NCc1ccccc1)/C(=C/c1ccc(O)c(O)c1)[C@@H]1CN1. The van der Waals surface area contributed by atoms with Crippen LogP contribution in [0.4, 0.5) is 0 Å². The summed E-state index contributed by atoms with van der Waals surface area (Å²) in [7, 11) is 0. The Morgan fingerprint density at radius 3 is 2.57 bits per heavy atom. The Labute approximate surface area is 134 Å². The first-order valence-electron chi connectivity index (χ1n) is 7.42. The molecule has 0 aliphatic carbocycles. The van der Waals surface area contributed by atoms with Crippen molar-refractivity contribution in [3.8, 4) is 11.5 Å². The molecule has 0 radical (unpaired) electrons. The minimum atomic E-state index is -0.202. The van der Waals surface area contributed by atoms with Crippen LogP contribution in [0.5, 0.6) is 11.5 Å². The van der Waals surface area contributed by atoms with Crippen LogP contribution in [-0.2, 0) is 11.3 Å². The number of hydrogen-bond acceptors (Lipinski definition) is 4. The van der Waals surface area contributed by atoms with Crippen molar-refractivity contribution < 1.29 is 15.0 Å². The Kier molecular flexibility index (Phi) is 4.30. The maximum absolute atomic E-state index is 12.4. The number of amides is 1. The van der Waals surface area contributed by atoms with Crippen LogP contribution in [-0.4, -0.2) is 28.7 Å². The number of phenols is 2. The van der Waals surface area contributed by atoms with Crippen LogP contribution < -0.4 is 10.6 Å². The predicted octanol–water partition coefficient (Wildman–Crippen LogP) is 1.77. The molecule has 118 valence electrons. The van der Waals surface area contributed by atoms with Gasteiger partial charge < -0.3 is 20.8 Å². The van der Waals surface area contributed by atoms with E-state index in [1.54, 1.807) is 12.1 Å². The zero-order valence-electron chi connectivity index (χ0n) is 12.5. The molecule has 0 spiro atoms. The highest BCUT2D eigenvalue weighted by Gasteiger charge is 2.29. The summed E-state index contributed by atoms with van der Waals surface area (Å²) in [6, 6.07) is 14.2. The Balaban J connectivity index is 1.74. The van der Waals surface area contributed by atoms with Crippen molar-refractivity contribution in [2.75, 3.05) is 6.54 Å². The largest absolute Gasteiger partial charge is 0.504 e. The fourth-order valence-electron chi connectivity index (χ4n) is 2.29. The van der Waals surface area contributed by atoms with Crippen molar-refractivity contribution in [1.82, 2.24) is 10.6 Å². The lowest BCUT2D eigenvalue weighted by atomic mass is 10.1. The molecule has 5 nitrogen and oxygen atoms in total. The summed E-state index contributed by atoms with van der Waals surface area (Å²) in [6.07, 6.45) is 1.73. The lowest BCUT2D eigenvalue weighted by molar-refractivity contribution is -0.117.